The van der Waals surface area contributed by atoms with Crippen molar-refractivity contribution in [2.24, 2.45) is 0 Å². The molecule has 0 saturated heterocycles. The molecule has 14 rings (SSSR count). The first-order valence-electron chi connectivity index (χ1n) is 20.4. The SMILES string of the molecule is c1ccc2c(c1)Oc1ccc(-c3cc(-c4ccc5c(c4)oc4ccccc45)c4c(c3)C3(c5ccccc5-c5ccccc53)c3c-4ccc4ccccc34)c3cccc-2c13. The summed E-state index contributed by atoms with van der Waals surface area (Å²) in [5.74, 6) is 1.79. The lowest BCUT2D eigenvalue weighted by Gasteiger charge is -2.32. The summed E-state index contributed by atoms with van der Waals surface area (Å²) in [6.45, 7) is 0. The van der Waals surface area contributed by atoms with Crippen molar-refractivity contribution in [2.45, 2.75) is 5.41 Å². The van der Waals surface area contributed by atoms with Crippen molar-refractivity contribution in [3.05, 3.63) is 216 Å². The average molecular weight is 749 g/mol. The zero-order chi connectivity index (χ0) is 38.4. The van der Waals surface area contributed by atoms with E-state index in [1.165, 1.54) is 82.9 Å². The van der Waals surface area contributed by atoms with Gasteiger partial charge in [-0.2, -0.15) is 0 Å². The van der Waals surface area contributed by atoms with Crippen LogP contribution in [-0.4, -0.2) is 0 Å². The van der Waals surface area contributed by atoms with Gasteiger partial charge >= 0.3 is 0 Å². The average Bonchev–Trinajstić information content (AvgIpc) is 3.93. The zero-order valence-corrected chi connectivity index (χ0v) is 31.8. The van der Waals surface area contributed by atoms with Gasteiger partial charge in [0, 0.05) is 21.7 Å². The summed E-state index contributed by atoms with van der Waals surface area (Å²) >= 11 is 0. The summed E-state index contributed by atoms with van der Waals surface area (Å²) in [4.78, 5) is 0. The smallest absolute Gasteiger partial charge is 0.136 e. The van der Waals surface area contributed by atoms with Gasteiger partial charge in [0.15, 0.2) is 0 Å². The van der Waals surface area contributed by atoms with Crippen molar-refractivity contribution < 1.29 is 9.15 Å². The molecule has 1 spiro atoms. The van der Waals surface area contributed by atoms with E-state index in [-0.39, 0.29) is 0 Å². The van der Waals surface area contributed by atoms with Crippen molar-refractivity contribution in [1.82, 2.24) is 0 Å². The van der Waals surface area contributed by atoms with Gasteiger partial charge in [-0.05, 0) is 131 Å². The molecule has 0 amide bonds. The summed E-state index contributed by atoms with van der Waals surface area (Å²) in [5.41, 5.74) is 18.7. The third kappa shape index (κ3) is 3.96. The fourth-order valence-corrected chi connectivity index (χ4v) is 11.1. The number of rotatable bonds is 2. The van der Waals surface area contributed by atoms with Gasteiger partial charge in [-0.3, -0.25) is 0 Å². The second kappa shape index (κ2) is 11.2. The predicted octanol–water partition coefficient (Wildman–Crippen LogP) is 15.3. The van der Waals surface area contributed by atoms with E-state index < -0.39 is 5.41 Å². The van der Waals surface area contributed by atoms with Crippen LogP contribution in [0.4, 0.5) is 0 Å². The molecule has 11 aromatic rings. The predicted molar refractivity (Wildman–Crippen MR) is 241 cm³/mol. The van der Waals surface area contributed by atoms with Crippen molar-refractivity contribution in [2.75, 3.05) is 0 Å². The number of hydrogen-bond donors (Lipinski definition) is 0. The fourth-order valence-electron chi connectivity index (χ4n) is 11.1. The Morgan fingerprint density at radius 2 is 1.02 bits per heavy atom. The van der Waals surface area contributed by atoms with Crippen LogP contribution in [0.1, 0.15) is 22.3 Å². The standard InChI is InChI=1S/C57H32O2/c1-2-13-37-33(12-1)24-27-45-54-46(34-25-26-42-40-16-5-9-22-50(40)59-53(42)32-34)30-35(36-28-29-52-55-43(36)18-11-19-44(55)41-17-6-10-23-51(41)58-52)31-49(54)57(56(37)45)47-20-7-3-14-38(47)39-15-4-8-21-48(39)57/h1-32H. The highest BCUT2D eigenvalue weighted by Gasteiger charge is 2.53. The number of hydrogen-bond acceptors (Lipinski definition) is 2. The first-order chi connectivity index (χ1) is 29.3. The highest BCUT2D eigenvalue weighted by Crippen LogP contribution is 2.66. The first kappa shape index (κ1) is 31.4. The molecule has 0 N–H and O–H groups in total. The van der Waals surface area contributed by atoms with Crippen LogP contribution in [0.25, 0.3) is 99.1 Å². The second-order valence-electron chi connectivity index (χ2n) is 16.2. The lowest BCUT2D eigenvalue weighted by atomic mass is 9.69. The molecule has 0 bridgehead atoms. The molecule has 0 fully saturated rings. The van der Waals surface area contributed by atoms with Crippen LogP contribution in [0.15, 0.2) is 199 Å². The largest absolute Gasteiger partial charge is 0.456 e. The van der Waals surface area contributed by atoms with E-state index >= 15 is 0 Å². The Labute approximate surface area is 340 Å². The van der Waals surface area contributed by atoms with E-state index in [4.69, 9.17) is 9.15 Å². The summed E-state index contributed by atoms with van der Waals surface area (Å²) in [7, 11) is 0. The minimum atomic E-state index is -0.554. The molecule has 0 radical (unpaired) electrons. The van der Waals surface area contributed by atoms with Crippen LogP contribution in [0.5, 0.6) is 11.5 Å². The van der Waals surface area contributed by atoms with Crippen molar-refractivity contribution >= 4 is 43.5 Å². The van der Waals surface area contributed by atoms with E-state index in [1.807, 2.05) is 12.1 Å². The number of fused-ring (bicyclic) bond motifs is 17. The van der Waals surface area contributed by atoms with E-state index in [1.54, 1.807) is 0 Å². The Hall–Kier alpha value is -7.68. The molecule has 0 unspecified atom stereocenters. The molecule has 0 atom stereocenters. The maximum absolute atomic E-state index is 6.60. The number of ether oxygens (including phenoxy) is 1. The Bertz CT molecular complexity index is 3610. The third-order valence-electron chi connectivity index (χ3n) is 13.5. The van der Waals surface area contributed by atoms with Crippen LogP contribution in [0.2, 0.25) is 0 Å². The van der Waals surface area contributed by atoms with Crippen LogP contribution < -0.4 is 4.74 Å². The van der Waals surface area contributed by atoms with Gasteiger partial charge in [-0.25, -0.2) is 0 Å². The monoisotopic (exact) mass is 748 g/mol. The number of benzene rings is 10. The molecule has 272 valence electrons. The lowest BCUT2D eigenvalue weighted by Crippen LogP contribution is -2.26. The van der Waals surface area contributed by atoms with Crippen molar-refractivity contribution in [3.8, 4) is 67.1 Å². The Morgan fingerprint density at radius 1 is 0.339 bits per heavy atom. The lowest BCUT2D eigenvalue weighted by molar-refractivity contribution is 0.487. The minimum absolute atomic E-state index is 0.554. The minimum Gasteiger partial charge on any atom is -0.456 e. The van der Waals surface area contributed by atoms with Gasteiger partial charge < -0.3 is 9.15 Å². The third-order valence-corrected chi connectivity index (χ3v) is 13.5. The van der Waals surface area contributed by atoms with Crippen LogP contribution in [0.3, 0.4) is 0 Å². The van der Waals surface area contributed by atoms with Crippen LogP contribution >= 0.6 is 0 Å². The van der Waals surface area contributed by atoms with E-state index in [0.717, 1.165) is 50.0 Å². The Morgan fingerprint density at radius 3 is 1.88 bits per heavy atom. The zero-order valence-electron chi connectivity index (χ0n) is 31.8. The quantitative estimate of drug-likeness (QED) is 0.176. The van der Waals surface area contributed by atoms with Crippen LogP contribution in [0, 0.1) is 0 Å². The molecule has 1 aromatic heterocycles. The van der Waals surface area contributed by atoms with Gasteiger partial charge in [0.25, 0.3) is 0 Å². The van der Waals surface area contributed by atoms with E-state index in [9.17, 15) is 0 Å². The van der Waals surface area contributed by atoms with Gasteiger partial charge in [-0.1, -0.05) is 152 Å². The molecule has 1 aliphatic heterocycles. The first-order valence-corrected chi connectivity index (χ1v) is 20.4. The van der Waals surface area contributed by atoms with Gasteiger partial charge in [-0.15, -0.1) is 0 Å². The maximum Gasteiger partial charge on any atom is 0.136 e. The molecule has 2 heteroatoms. The maximum atomic E-state index is 6.60. The molecule has 3 aliphatic rings. The molecular weight excluding hydrogens is 717 g/mol. The molecule has 2 heterocycles. The van der Waals surface area contributed by atoms with E-state index in [2.05, 4.69) is 182 Å². The highest BCUT2D eigenvalue weighted by molar-refractivity contribution is 6.13. The molecular formula is C57H32O2. The molecule has 2 aliphatic carbocycles. The Balaban J connectivity index is 1.15. The molecule has 10 aromatic carbocycles. The molecule has 59 heavy (non-hydrogen) atoms. The molecule has 0 saturated carbocycles. The summed E-state index contributed by atoms with van der Waals surface area (Å²) in [6.07, 6.45) is 0. The fraction of sp³-hybridized carbons (Fsp3) is 0.0175. The highest BCUT2D eigenvalue weighted by atomic mass is 16.5. The molecule has 2 nitrogen and oxygen atoms in total. The van der Waals surface area contributed by atoms with Crippen molar-refractivity contribution in [3.63, 3.8) is 0 Å². The normalized spacial score (nSPS) is 13.7. The van der Waals surface area contributed by atoms with Gasteiger partial charge in [0.2, 0.25) is 0 Å². The van der Waals surface area contributed by atoms with Crippen LogP contribution in [-0.2, 0) is 5.41 Å². The van der Waals surface area contributed by atoms with Crippen molar-refractivity contribution in [1.29, 1.82) is 0 Å². The second-order valence-corrected chi connectivity index (χ2v) is 16.2. The number of furan rings is 1. The number of para-hydroxylation sites is 2. The summed E-state index contributed by atoms with van der Waals surface area (Å²) < 4.78 is 13.2. The summed E-state index contributed by atoms with van der Waals surface area (Å²) in [6, 6.07) is 71.5. The Kier molecular flexibility index (Phi) is 5.99. The van der Waals surface area contributed by atoms with E-state index in [0.29, 0.717) is 0 Å². The summed E-state index contributed by atoms with van der Waals surface area (Å²) in [5, 5.41) is 7.11. The van der Waals surface area contributed by atoms with Gasteiger partial charge in [0.1, 0.15) is 22.7 Å². The van der Waals surface area contributed by atoms with Gasteiger partial charge in [0.05, 0.1) is 5.41 Å². The topological polar surface area (TPSA) is 22.4 Å².